The van der Waals surface area contributed by atoms with Gasteiger partial charge in [-0.3, -0.25) is 4.90 Å². The molecule has 1 saturated heterocycles. The van der Waals surface area contributed by atoms with E-state index in [2.05, 4.69) is 18.9 Å². The average molecular weight is 288 g/mol. The van der Waals surface area contributed by atoms with Crippen molar-refractivity contribution in [1.82, 2.24) is 4.90 Å². The molecule has 2 fully saturated rings. The smallest absolute Gasteiger partial charge is 0.151 e. The van der Waals surface area contributed by atoms with Crippen molar-refractivity contribution in [2.24, 2.45) is 17.6 Å². The van der Waals surface area contributed by atoms with Gasteiger partial charge in [-0.05, 0) is 38.1 Å². The first-order valence-electron chi connectivity index (χ1n) is 7.55. The Labute approximate surface area is 117 Å². The third kappa shape index (κ3) is 3.70. The summed E-state index contributed by atoms with van der Waals surface area (Å²) in [7, 11) is -0.734. The highest BCUT2D eigenvalue weighted by atomic mass is 32.2. The Morgan fingerprint density at radius 1 is 1.32 bits per heavy atom. The molecule has 4 nitrogen and oxygen atoms in total. The van der Waals surface area contributed by atoms with Gasteiger partial charge in [0.15, 0.2) is 9.84 Å². The first kappa shape index (κ1) is 15.3. The maximum atomic E-state index is 11.6. The zero-order chi connectivity index (χ0) is 14.0. The first-order valence-corrected chi connectivity index (χ1v) is 9.37. The van der Waals surface area contributed by atoms with E-state index in [4.69, 9.17) is 5.73 Å². The zero-order valence-corrected chi connectivity index (χ0v) is 13.0. The van der Waals surface area contributed by atoms with Gasteiger partial charge in [0.1, 0.15) is 0 Å². The summed E-state index contributed by atoms with van der Waals surface area (Å²) in [5.74, 6) is 2.10. The highest BCUT2D eigenvalue weighted by Crippen LogP contribution is 2.33. The second-order valence-corrected chi connectivity index (χ2v) is 8.79. The van der Waals surface area contributed by atoms with Crippen molar-refractivity contribution in [2.75, 3.05) is 25.1 Å². The van der Waals surface area contributed by atoms with Gasteiger partial charge in [0.05, 0.1) is 11.5 Å². The van der Waals surface area contributed by atoms with Gasteiger partial charge in [0.25, 0.3) is 0 Å². The van der Waals surface area contributed by atoms with Crippen LogP contribution in [0.5, 0.6) is 0 Å². The Balaban J connectivity index is 2.00. The number of nitrogens with two attached hydrogens (primary N) is 1. The summed E-state index contributed by atoms with van der Waals surface area (Å²) in [6, 6.07) is 0.525. The van der Waals surface area contributed by atoms with Crippen molar-refractivity contribution in [3.8, 4) is 0 Å². The molecule has 0 spiro atoms. The molecule has 0 bridgehead atoms. The molecule has 4 atom stereocenters. The van der Waals surface area contributed by atoms with Gasteiger partial charge in [0.2, 0.25) is 0 Å². The number of rotatable bonds is 4. The summed E-state index contributed by atoms with van der Waals surface area (Å²) in [4.78, 5) is 2.27. The van der Waals surface area contributed by atoms with Gasteiger partial charge >= 0.3 is 0 Å². The Morgan fingerprint density at radius 2 is 2.05 bits per heavy atom. The first-order chi connectivity index (χ1) is 8.93. The third-order valence-electron chi connectivity index (χ3n) is 5.07. The maximum Gasteiger partial charge on any atom is 0.151 e. The van der Waals surface area contributed by atoms with Gasteiger partial charge in [-0.1, -0.05) is 19.8 Å². The van der Waals surface area contributed by atoms with Crippen molar-refractivity contribution >= 4 is 9.84 Å². The zero-order valence-electron chi connectivity index (χ0n) is 12.2. The molecular weight excluding hydrogens is 260 g/mol. The van der Waals surface area contributed by atoms with Crippen LogP contribution in [-0.4, -0.2) is 50.5 Å². The van der Waals surface area contributed by atoms with Crippen LogP contribution in [0, 0.1) is 11.8 Å². The molecule has 0 aromatic rings. The summed E-state index contributed by atoms with van der Waals surface area (Å²) >= 11 is 0. The fourth-order valence-electron chi connectivity index (χ4n) is 3.89. The van der Waals surface area contributed by atoms with E-state index in [1.54, 1.807) is 0 Å². The summed E-state index contributed by atoms with van der Waals surface area (Å²) in [6.45, 7) is 2.96. The van der Waals surface area contributed by atoms with E-state index >= 15 is 0 Å². The van der Waals surface area contributed by atoms with Crippen molar-refractivity contribution in [2.45, 2.75) is 51.1 Å². The van der Waals surface area contributed by atoms with E-state index in [9.17, 15) is 8.42 Å². The molecule has 2 aliphatic rings. The fourth-order valence-corrected chi connectivity index (χ4v) is 5.68. The minimum Gasteiger partial charge on any atom is -0.329 e. The van der Waals surface area contributed by atoms with Crippen LogP contribution in [0.15, 0.2) is 0 Å². The molecule has 5 heteroatoms. The standard InChI is InChI=1S/C14H28N2O2S/c1-11-4-3-5-12(8-11)14(9-15)16(2)13-6-7-19(17,18)10-13/h11-14H,3-10,15H2,1-2H3. The molecule has 1 aliphatic carbocycles. The molecule has 19 heavy (non-hydrogen) atoms. The van der Waals surface area contributed by atoms with Gasteiger partial charge in [-0.25, -0.2) is 8.42 Å². The minimum atomic E-state index is -2.81. The fraction of sp³-hybridized carbons (Fsp3) is 1.00. The summed E-state index contributed by atoms with van der Waals surface area (Å²) in [5, 5.41) is 0. The van der Waals surface area contributed by atoms with Crippen molar-refractivity contribution in [1.29, 1.82) is 0 Å². The molecule has 4 unspecified atom stereocenters. The van der Waals surface area contributed by atoms with Gasteiger partial charge in [-0.2, -0.15) is 0 Å². The Hall–Kier alpha value is -0.130. The lowest BCUT2D eigenvalue weighted by atomic mass is 9.78. The molecule has 112 valence electrons. The summed E-state index contributed by atoms with van der Waals surface area (Å²) in [5.41, 5.74) is 5.99. The third-order valence-corrected chi connectivity index (χ3v) is 6.82. The average Bonchev–Trinajstić information content (AvgIpc) is 2.71. The molecule has 0 radical (unpaired) electrons. The summed E-state index contributed by atoms with van der Waals surface area (Å²) < 4.78 is 23.3. The van der Waals surface area contributed by atoms with Crippen LogP contribution in [0.1, 0.15) is 39.0 Å². The molecule has 1 heterocycles. The largest absolute Gasteiger partial charge is 0.329 e. The molecule has 2 rings (SSSR count). The van der Waals surface area contributed by atoms with Crippen molar-refractivity contribution in [3.05, 3.63) is 0 Å². The molecular formula is C14H28N2O2S. The highest BCUT2D eigenvalue weighted by Gasteiger charge is 2.36. The number of likely N-dealkylation sites (N-methyl/N-ethyl adjacent to an activating group) is 1. The molecule has 2 N–H and O–H groups in total. The van der Waals surface area contributed by atoms with E-state index < -0.39 is 9.84 Å². The van der Waals surface area contributed by atoms with E-state index in [1.165, 1.54) is 25.7 Å². The van der Waals surface area contributed by atoms with Gasteiger partial charge < -0.3 is 5.73 Å². The highest BCUT2D eigenvalue weighted by molar-refractivity contribution is 7.91. The number of hydrogen-bond donors (Lipinski definition) is 1. The topological polar surface area (TPSA) is 63.4 Å². The maximum absolute atomic E-state index is 11.6. The predicted octanol–water partition coefficient (Wildman–Crippen LogP) is 1.26. The minimum absolute atomic E-state index is 0.177. The summed E-state index contributed by atoms with van der Waals surface area (Å²) in [6.07, 6.45) is 5.88. The van der Waals surface area contributed by atoms with Crippen LogP contribution in [0.4, 0.5) is 0 Å². The van der Waals surface area contributed by atoms with Gasteiger partial charge in [0, 0.05) is 18.6 Å². The van der Waals surface area contributed by atoms with Crippen molar-refractivity contribution in [3.63, 3.8) is 0 Å². The molecule has 0 aromatic heterocycles. The number of hydrogen-bond acceptors (Lipinski definition) is 4. The van der Waals surface area contributed by atoms with E-state index in [0.717, 1.165) is 12.3 Å². The Bertz CT molecular complexity index is 396. The van der Waals surface area contributed by atoms with E-state index in [-0.39, 0.29) is 6.04 Å². The molecule has 1 aliphatic heterocycles. The Kier molecular flexibility index (Phi) is 4.90. The van der Waals surface area contributed by atoms with Crippen LogP contribution < -0.4 is 5.73 Å². The normalized spacial score (nSPS) is 36.5. The lowest BCUT2D eigenvalue weighted by Gasteiger charge is -2.40. The second kappa shape index (κ2) is 6.10. The van der Waals surface area contributed by atoms with Gasteiger partial charge in [-0.15, -0.1) is 0 Å². The lowest BCUT2D eigenvalue weighted by molar-refractivity contribution is 0.103. The molecule has 0 amide bonds. The van der Waals surface area contributed by atoms with E-state index in [0.29, 0.717) is 30.0 Å². The van der Waals surface area contributed by atoms with Crippen LogP contribution in [0.2, 0.25) is 0 Å². The number of sulfone groups is 1. The van der Waals surface area contributed by atoms with Crippen molar-refractivity contribution < 1.29 is 8.42 Å². The second-order valence-electron chi connectivity index (χ2n) is 6.56. The van der Waals surface area contributed by atoms with Crippen LogP contribution >= 0.6 is 0 Å². The van der Waals surface area contributed by atoms with Crippen LogP contribution in [-0.2, 0) is 9.84 Å². The molecule has 0 aromatic carbocycles. The van der Waals surface area contributed by atoms with Crippen LogP contribution in [0.3, 0.4) is 0 Å². The quantitative estimate of drug-likeness (QED) is 0.846. The number of nitrogens with zero attached hydrogens (tertiary/aromatic N) is 1. The SMILES string of the molecule is CC1CCCC(C(CN)N(C)C2CCS(=O)(=O)C2)C1. The Morgan fingerprint density at radius 3 is 2.58 bits per heavy atom. The predicted molar refractivity (Wildman–Crippen MR) is 78.8 cm³/mol. The van der Waals surface area contributed by atoms with Crippen LogP contribution in [0.25, 0.3) is 0 Å². The van der Waals surface area contributed by atoms with E-state index in [1.807, 2.05) is 0 Å². The lowest BCUT2D eigenvalue weighted by Crippen LogP contribution is -2.49. The molecule has 1 saturated carbocycles. The monoisotopic (exact) mass is 288 g/mol.